The number of anilines is 2. The van der Waals surface area contributed by atoms with Gasteiger partial charge in [-0.2, -0.15) is 0 Å². The summed E-state index contributed by atoms with van der Waals surface area (Å²) < 4.78 is 5.29. The second kappa shape index (κ2) is 5.51. The minimum atomic E-state index is -0.163. The van der Waals surface area contributed by atoms with Gasteiger partial charge >= 0.3 is 0 Å². The van der Waals surface area contributed by atoms with Crippen LogP contribution < -0.4 is 9.80 Å². The van der Waals surface area contributed by atoms with Crippen LogP contribution in [0.3, 0.4) is 0 Å². The summed E-state index contributed by atoms with van der Waals surface area (Å²) in [5, 5.41) is 0. The number of hydrogen-bond donors (Lipinski definition) is 0. The van der Waals surface area contributed by atoms with Crippen LogP contribution in [0.5, 0.6) is 0 Å². The van der Waals surface area contributed by atoms with E-state index in [1.54, 1.807) is 28.9 Å². The van der Waals surface area contributed by atoms with E-state index in [2.05, 4.69) is 12.1 Å². The summed E-state index contributed by atoms with van der Waals surface area (Å²) >= 11 is 0. The van der Waals surface area contributed by atoms with Crippen molar-refractivity contribution in [3.05, 3.63) is 47.9 Å². The molecule has 1 saturated carbocycles. The Kier molecular flexibility index (Phi) is 3.44. The molecule has 2 aromatic rings. The van der Waals surface area contributed by atoms with Crippen LogP contribution in [0, 0.1) is 0 Å². The van der Waals surface area contributed by atoms with Crippen molar-refractivity contribution < 1.29 is 14.0 Å². The molecular weight excluding hydrogens is 304 g/mol. The van der Waals surface area contributed by atoms with Crippen LogP contribution >= 0.6 is 0 Å². The minimum absolute atomic E-state index is 0.00646. The normalized spacial score (nSPS) is 20.0. The van der Waals surface area contributed by atoms with E-state index in [9.17, 15) is 9.59 Å². The zero-order valence-electron chi connectivity index (χ0n) is 13.9. The van der Waals surface area contributed by atoms with E-state index in [0.29, 0.717) is 18.2 Å². The Labute approximate surface area is 140 Å². The predicted octanol–water partition coefficient (Wildman–Crippen LogP) is 3.56. The van der Waals surface area contributed by atoms with E-state index < -0.39 is 0 Å². The number of carbonyl (C=O) groups is 2. The van der Waals surface area contributed by atoms with Crippen LogP contribution in [0.2, 0.25) is 0 Å². The lowest BCUT2D eigenvalue weighted by Crippen LogP contribution is -2.51. The van der Waals surface area contributed by atoms with Crippen molar-refractivity contribution >= 4 is 23.2 Å². The highest BCUT2D eigenvalue weighted by molar-refractivity contribution is 6.09. The second-order valence-corrected chi connectivity index (χ2v) is 6.65. The van der Waals surface area contributed by atoms with Crippen LogP contribution in [-0.4, -0.2) is 24.4 Å². The first-order valence-corrected chi connectivity index (χ1v) is 8.35. The maximum atomic E-state index is 12.9. The van der Waals surface area contributed by atoms with Crippen LogP contribution in [0.1, 0.15) is 48.7 Å². The van der Waals surface area contributed by atoms with Crippen LogP contribution in [0.4, 0.5) is 11.4 Å². The second-order valence-electron chi connectivity index (χ2n) is 6.65. The molecule has 2 amide bonds. The van der Waals surface area contributed by atoms with Crippen molar-refractivity contribution in [1.29, 1.82) is 0 Å². The van der Waals surface area contributed by atoms with Crippen molar-refractivity contribution in [2.75, 3.05) is 16.3 Å². The highest BCUT2D eigenvalue weighted by Crippen LogP contribution is 2.45. The first kappa shape index (κ1) is 15.0. The van der Waals surface area contributed by atoms with Gasteiger partial charge in [0.25, 0.3) is 5.91 Å². The largest absolute Gasteiger partial charge is 0.459 e. The molecule has 0 saturated heterocycles. The fraction of sp³-hybridized carbons (Fsp3) is 0.368. The number of benzene rings is 1. The number of hydrogen-bond acceptors (Lipinski definition) is 3. The lowest BCUT2D eigenvalue weighted by atomic mass is 10.0. The highest BCUT2D eigenvalue weighted by atomic mass is 16.3. The smallest absolute Gasteiger partial charge is 0.294 e. The average Bonchev–Trinajstić information content (AvgIpc) is 3.27. The van der Waals surface area contributed by atoms with Crippen molar-refractivity contribution in [1.82, 2.24) is 0 Å². The Morgan fingerprint density at radius 2 is 1.96 bits per heavy atom. The number of amides is 2. The maximum absolute atomic E-state index is 12.9. The minimum Gasteiger partial charge on any atom is -0.459 e. The summed E-state index contributed by atoms with van der Waals surface area (Å²) in [7, 11) is 0. The topological polar surface area (TPSA) is 53.8 Å². The molecule has 24 heavy (non-hydrogen) atoms. The Hall–Kier alpha value is -2.56. The first-order valence-electron chi connectivity index (χ1n) is 8.35. The quantitative estimate of drug-likeness (QED) is 0.849. The van der Waals surface area contributed by atoms with Crippen molar-refractivity contribution in [3.63, 3.8) is 0 Å². The van der Waals surface area contributed by atoms with Gasteiger partial charge in [-0.25, -0.2) is 0 Å². The summed E-state index contributed by atoms with van der Waals surface area (Å²) in [6.07, 6.45) is 3.89. The van der Waals surface area contributed by atoms with Gasteiger partial charge in [-0.05, 0) is 55.5 Å². The van der Waals surface area contributed by atoms with Gasteiger partial charge in [0.15, 0.2) is 5.76 Å². The summed E-state index contributed by atoms with van der Waals surface area (Å²) in [5.41, 5.74) is 2.84. The summed E-state index contributed by atoms with van der Waals surface area (Å²) in [4.78, 5) is 28.5. The first-order chi connectivity index (χ1) is 11.6. The highest BCUT2D eigenvalue weighted by Gasteiger charge is 2.36. The Morgan fingerprint density at radius 3 is 2.58 bits per heavy atom. The molecule has 0 unspecified atom stereocenters. The number of furan rings is 1. The van der Waals surface area contributed by atoms with Gasteiger partial charge in [-0.3, -0.25) is 9.59 Å². The third-order valence-electron chi connectivity index (χ3n) is 4.80. The molecule has 124 valence electrons. The summed E-state index contributed by atoms with van der Waals surface area (Å²) in [6, 6.07) is 9.43. The van der Waals surface area contributed by atoms with E-state index in [1.165, 1.54) is 24.7 Å². The zero-order chi connectivity index (χ0) is 16.8. The van der Waals surface area contributed by atoms with E-state index in [1.807, 2.05) is 13.0 Å². The molecule has 1 atom stereocenters. The number of rotatable bonds is 2. The molecule has 0 N–H and O–H groups in total. The SMILES string of the molecule is CC(=O)N1c2ccc(C3CC3)cc2N(C(=O)c2ccco2)C[C@@H]1C. The molecule has 0 spiro atoms. The van der Waals surface area contributed by atoms with Crippen LogP contribution in [0.25, 0.3) is 0 Å². The number of fused-ring (bicyclic) bond motifs is 1. The monoisotopic (exact) mass is 324 g/mol. The standard InChI is InChI=1S/C19H20N2O3/c1-12-11-20(19(23)18-4-3-9-24-18)17-10-15(14-5-6-14)7-8-16(17)21(12)13(2)22/h3-4,7-10,12,14H,5-6,11H2,1-2H3/t12-/m0/s1. The molecule has 1 aliphatic heterocycles. The predicted molar refractivity (Wildman–Crippen MR) is 91.4 cm³/mol. The third-order valence-corrected chi connectivity index (χ3v) is 4.80. The molecule has 5 nitrogen and oxygen atoms in total. The van der Waals surface area contributed by atoms with Gasteiger partial charge in [0, 0.05) is 13.5 Å². The van der Waals surface area contributed by atoms with E-state index in [-0.39, 0.29) is 17.9 Å². The average molecular weight is 324 g/mol. The Bertz CT molecular complexity index is 793. The van der Waals surface area contributed by atoms with Gasteiger partial charge in [0.1, 0.15) is 0 Å². The molecule has 1 fully saturated rings. The molecule has 2 aliphatic rings. The van der Waals surface area contributed by atoms with Gasteiger partial charge in [-0.1, -0.05) is 6.07 Å². The lowest BCUT2D eigenvalue weighted by molar-refractivity contribution is -0.117. The van der Waals surface area contributed by atoms with Gasteiger partial charge in [-0.15, -0.1) is 0 Å². The molecule has 4 rings (SSSR count). The molecular formula is C19H20N2O3. The van der Waals surface area contributed by atoms with E-state index in [4.69, 9.17) is 4.42 Å². The summed E-state index contributed by atoms with van der Waals surface area (Å²) in [5.74, 6) is 0.736. The van der Waals surface area contributed by atoms with Gasteiger partial charge in [0.2, 0.25) is 5.91 Å². The van der Waals surface area contributed by atoms with Crippen LogP contribution in [-0.2, 0) is 4.79 Å². The molecule has 2 heterocycles. The molecule has 5 heteroatoms. The molecule has 0 radical (unpaired) electrons. The maximum Gasteiger partial charge on any atom is 0.294 e. The van der Waals surface area contributed by atoms with Gasteiger partial charge < -0.3 is 14.2 Å². The fourth-order valence-corrected chi connectivity index (χ4v) is 3.52. The Balaban J connectivity index is 1.81. The van der Waals surface area contributed by atoms with Crippen molar-refractivity contribution in [2.45, 2.75) is 38.6 Å². The molecule has 1 aromatic heterocycles. The Morgan fingerprint density at radius 1 is 1.17 bits per heavy atom. The van der Waals surface area contributed by atoms with Gasteiger partial charge in [0.05, 0.1) is 23.7 Å². The number of nitrogens with zero attached hydrogens (tertiary/aromatic N) is 2. The lowest BCUT2D eigenvalue weighted by Gasteiger charge is -2.40. The van der Waals surface area contributed by atoms with E-state index in [0.717, 1.165) is 11.4 Å². The van der Waals surface area contributed by atoms with Crippen molar-refractivity contribution in [3.8, 4) is 0 Å². The van der Waals surface area contributed by atoms with Crippen molar-refractivity contribution in [2.24, 2.45) is 0 Å². The third kappa shape index (κ3) is 2.40. The summed E-state index contributed by atoms with van der Waals surface area (Å²) in [6.45, 7) is 3.99. The number of carbonyl (C=O) groups excluding carboxylic acids is 2. The fourth-order valence-electron chi connectivity index (χ4n) is 3.52. The molecule has 0 bridgehead atoms. The van der Waals surface area contributed by atoms with E-state index >= 15 is 0 Å². The molecule has 1 aliphatic carbocycles. The zero-order valence-corrected chi connectivity index (χ0v) is 13.9. The molecule has 1 aromatic carbocycles. The van der Waals surface area contributed by atoms with Crippen LogP contribution in [0.15, 0.2) is 41.0 Å².